The van der Waals surface area contributed by atoms with Gasteiger partial charge in [0.05, 0.1) is 12.5 Å². The summed E-state index contributed by atoms with van der Waals surface area (Å²) in [5, 5.41) is 9.89. The Morgan fingerprint density at radius 1 is 1.36 bits per heavy atom. The third-order valence-electron chi connectivity index (χ3n) is 6.07. The number of nitrogens with zero attached hydrogens (tertiary/aromatic N) is 1. The number of furan rings is 1. The van der Waals surface area contributed by atoms with Gasteiger partial charge in [-0.05, 0) is 60.0 Å². The first-order valence-electron chi connectivity index (χ1n) is 8.15. The Morgan fingerprint density at radius 3 is 3.00 bits per heavy atom. The number of hydrogen-bond acceptors (Lipinski definition) is 3. The van der Waals surface area contributed by atoms with Gasteiger partial charge in [-0.3, -0.25) is 4.90 Å². The lowest BCUT2D eigenvalue weighted by atomic mass is 9.59. The third kappa shape index (κ3) is 1.99. The minimum absolute atomic E-state index is 0.171. The lowest BCUT2D eigenvalue weighted by Crippen LogP contribution is -2.57. The summed E-state index contributed by atoms with van der Waals surface area (Å²) in [6, 6.07) is 8.56. The lowest BCUT2D eigenvalue weighted by molar-refractivity contribution is 0.0257. The van der Waals surface area contributed by atoms with E-state index in [1.807, 2.05) is 18.4 Å². The van der Waals surface area contributed by atoms with Crippen molar-refractivity contribution >= 4 is 0 Å². The number of piperidine rings is 1. The molecule has 3 nitrogen and oxygen atoms in total. The predicted octanol–water partition coefficient (Wildman–Crippen LogP) is 3.71. The van der Waals surface area contributed by atoms with Crippen LogP contribution >= 0.6 is 0 Å². The van der Waals surface area contributed by atoms with Crippen LogP contribution in [0.25, 0.3) is 0 Å². The molecule has 2 unspecified atom stereocenters. The van der Waals surface area contributed by atoms with Crippen molar-refractivity contribution in [2.75, 3.05) is 6.54 Å². The zero-order valence-corrected chi connectivity index (χ0v) is 13.2. The van der Waals surface area contributed by atoms with E-state index in [-0.39, 0.29) is 5.41 Å². The third-order valence-corrected chi connectivity index (χ3v) is 6.07. The quantitative estimate of drug-likeness (QED) is 0.918. The highest BCUT2D eigenvalue weighted by molar-refractivity contribution is 5.44. The predicted molar refractivity (Wildman–Crippen MR) is 85.8 cm³/mol. The molecular weight excluding hydrogens is 274 g/mol. The molecule has 116 valence electrons. The SMILES string of the molecule is CC1[C@@H]2Cc3ccc(O)cc3C1(C)CCN2Cc1ccoc1. The first kappa shape index (κ1) is 13.9. The molecule has 22 heavy (non-hydrogen) atoms. The van der Waals surface area contributed by atoms with Gasteiger partial charge >= 0.3 is 0 Å². The van der Waals surface area contributed by atoms with E-state index in [1.54, 1.807) is 6.26 Å². The fourth-order valence-corrected chi connectivity index (χ4v) is 4.51. The van der Waals surface area contributed by atoms with Crippen molar-refractivity contribution < 1.29 is 9.52 Å². The summed E-state index contributed by atoms with van der Waals surface area (Å²) >= 11 is 0. The Morgan fingerprint density at radius 2 is 2.23 bits per heavy atom. The van der Waals surface area contributed by atoms with E-state index in [2.05, 4.69) is 30.9 Å². The van der Waals surface area contributed by atoms with Crippen LogP contribution in [0.2, 0.25) is 0 Å². The van der Waals surface area contributed by atoms with Gasteiger partial charge in [0, 0.05) is 18.2 Å². The number of phenolic OH excluding ortho intramolecular Hbond substituents is 1. The second-order valence-electron chi connectivity index (χ2n) is 7.17. The van der Waals surface area contributed by atoms with Crippen molar-refractivity contribution in [1.29, 1.82) is 0 Å². The first-order chi connectivity index (χ1) is 10.6. The van der Waals surface area contributed by atoms with Crippen molar-refractivity contribution in [1.82, 2.24) is 4.90 Å². The largest absolute Gasteiger partial charge is 0.508 e. The molecule has 0 spiro atoms. The first-order valence-corrected chi connectivity index (χ1v) is 8.15. The topological polar surface area (TPSA) is 36.6 Å². The molecule has 1 aromatic heterocycles. The van der Waals surface area contributed by atoms with Crippen molar-refractivity contribution in [3.8, 4) is 5.75 Å². The number of phenols is 1. The van der Waals surface area contributed by atoms with E-state index in [4.69, 9.17) is 4.42 Å². The van der Waals surface area contributed by atoms with Gasteiger partial charge in [-0.15, -0.1) is 0 Å². The van der Waals surface area contributed by atoms with Gasteiger partial charge in [-0.25, -0.2) is 0 Å². The summed E-state index contributed by atoms with van der Waals surface area (Å²) < 4.78 is 5.22. The normalized spacial score (nSPS) is 31.0. The highest BCUT2D eigenvalue weighted by Crippen LogP contribution is 2.49. The van der Waals surface area contributed by atoms with Gasteiger partial charge in [0.2, 0.25) is 0 Å². The summed E-state index contributed by atoms with van der Waals surface area (Å²) in [7, 11) is 0. The van der Waals surface area contributed by atoms with Crippen LogP contribution in [0.3, 0.4) is 0 Å². The van der Waals surface area contributed by atoms with E-state index in [9.17, 15) is 5.11 Å². The summed E-state index contributed by atoms with van der Waals surface area (Å²) in [6.45, 7) is 6.82. The van der Waals surface area contributed by atoms with Crippen molar-refractivity contribution in [2.24, 2.45) is 5.92 Å². The molecule has 2 heterocycles. The number of fused-ring (bicyclic) bond motifs is 4. The van der Waals surface area contributed by atoms with Gasteiger partial charge in [0.25, 0.3) is 0 Å². The lowest BCUT2D eigenvalue weighted by Gasteiger charge is -2.54. The molecule has 0 saturated carbocycles. The van der Waals surface area contributed by atoms with Gasteiger partial charge in [-0.1, -0.05) is 19.9 Å². The van der Waals surface area contributed by atoms with Crippen LogP contribution in [0.4, 0.5) is 0 Å². The highest BCUT2D eigenvalue weighted by Gasteiger charge is 2.48. The second-order valence-corrected chi connectivity index (χ2v) is 7.17. The van der Waals surface area contributed by atoms with Gasteiger partial charge in [0.1, 0.15) is 5.75 Å². The molecule has 1 N–H and O–H groups in total. The maximum Gasteiger partial charge on any atom is 0.115 e. The fraction of sp³-hybridized carbons (Fsp3) is 0.474. The smallest absolute Gasteiger partial charge is 0.115 e. The number of hydrogen-bond donors (Lipinski definition) is 1. The van der Waals surface area contributed by atoms with Crippen molar-refractivity contribution in [3.63, 3.8) is 0 Å². The molecule has 1 fully saturated rings. The Balaban J connectivity index is 1.69. The zero-order chi connectivity index (χ0) is 15.3. The van der Waals surface area contributed by atoms with E-state index in [0.29, 0.717) is 17.7 Å². The summed E-state index contributed by atoms with van der Waals surface area (Å²) in [4.78, 5) is 2.60. The van der Waals surface area contributed by atoms with Crippen LogP contribution in [0.1, 0.15) is 37.0 Å². The van der Waals surface area contributed by atoms with Crippen LogP contribution in [-0.4, -0.2) is 22.6 Å². The van der Waals surface area contributed by atoms with Crippen LogP contribution in [0.15, 0.2) is 41.2 Å². The van der Waals surface area contributed by atoms with Crippen molar-refractivity contribution in [3.05, 3.63) is 53.5 Å². The Labute approximate surface area is 131 Å². The van der Waals surface area contributed by atoms with Crippen LogP contribution < -0.4 is 0 Å². The fourth-order valence-electron chi connectivity index (χ4n) is 4.51. The van der Waals surface area contributed by atoms with E-state index in [1.165, 1.54) is 16.7 Å². The summed E-state index contributed by atoms with van der Waals surface area (Å²) in [5.41, 5.74) is 4.19. The average Bonchev–Trinajstić information content (AvgIpc) is 3.00. The molecule has 2 aliphatic rings. The molecule has 2 bridgehead atoms. The van der Waals surface area contributed by atoms with Gasteiger partial charge < -0.3 is 9.52 Å². The van der Waals surface area contributed by atoms with Crippen molar-refractivity contribution in [2.45, 2.75) is 44.7 Å². The zero-order valence-electron chi connectivity index (χ0n) is 13.2. The number of aromatic hydroxyl groups is 1. The van der Waals surface area contributed by atoms with Gasteiger partial charge in [-0.2, -0.15) is 0 Å². The van der Waals surface area contributed by atoms with E-state index >= 15 is 0 Å². The monoisotopic (exact) mass is 297 g/mol. The average molecular weight is 297 g/mol. The van der Waals surface area contributed by atoms with Crippen LogP contribution in [0.5, 0.6) is 5.75 Å². The van der Waals surface area contributed by atoms with Crippen LogP contribution in [-0.2, 0) is 18.4 Å². The molecule has 0 radical (unpaired) electrons. The van der Waals surface area contributed by atoms with E-state index < -0.39 is 0 Å². The molecule has 1 aliphatic heterocycles. The molecule has 3 atom stereocenters. The van der Waals surface area contributed by atoms with Gasteiger partial charge in [0.15, 0.2) is 0 Å². The Hall–Kier alpha value is -1.74. The Bertz CT molecular complexity index is 679. The molecular formula is C19H23NO2. The highest BCUT2D eigenvalue weighted by atomic mass is 16.3. The molecule has 3 heteroatoms. The number of likely N-dealkylation sites (tertiary alicyclic amines) is 1. The number of benzene rings is 1. The summed E-state index contributed by atoms with van der Waals surface area (Å²) in [5.74, 6) is 0.980. The molecule has 1 saturated heterocycles. The maximum atomic E-state index is 9.89. The standard InChI is InChI=1S/C19H23NO2/c1-13-18-9-15-3-4-16(21)10-17(15)19(13,2)6-7-20(18)11-14-5-8-22-12-14/h3-5,8,10,12-13,18,21H,6-7,9,11H2,1-2H3/t13?,18-,19?/m0/s1. The Kier molecular flexibility index (Phi) is 3.08. The summed E-state index contributed by atoms with van der Waals surface area (Å²) in [6.07, 6.45) is 5.82. The molecule has 0 amide bonds. The molecule has 1 aromatic carbocycles. The number of rotatable bonds is 2. The van der Waals surface area contributed by atoms with Crippen LogP contribution in [0, 0.1) is 5.92 Å². The second kappa shape index (κ2) is 4.88. The maximum absolute atomic E-state index is 9.89. The van der Waals surface area contributed by atoms with E-state index in [0.717, 1.165) is 25.9 Å². The minimum Gasteiger partial charge on any atom is -0.508 e. The molecule has 1 aliphatic carbocycles. The minimum atomic E-state index is 0.171. The molecule has 4 rings (SSSR count). The molecule has 2 aromatic rings.